The summed E-state index contributed by atoms with van der Waals surface area (Å²) in [6, 6.07) is 8.06. The van der Waals surface area contributed by atoms with Gasteiger partial charge in [-0.2, -0.15) is 0 Å². The van der Waals surface area contributed by atoms with Gasteiger partial charge in [0.15, 0.2) is 5.96 Å². The second-order valence-corrected chi connectivity index (χ2v) is 5.37. The Labute approximate surface area is 159 Å². The first-order chi connectivity index (χ1) is 11.1. The first-order valence-corrected chi connectivity index (χ1v) is 7.54. The molecule has 1 unspecified atom stereocenters. The molecular formula is C17H24FIN4O. The average molecular weight is 446 g/mol. The van der Waals surface area contributed by atoms with E-state index in [1.807, 2.05) is 24.7 Å². The van der Waals surface area contributed by atoms with Crippen LogP contribution >= 0.6 is 24.0 Å². The van der Waals surface area contributed by atoms with Crippen LogP contribution in [0.2, 0.25) is 0 Å². The molecule has 2 rings (SSSR count). The highest BCUT2D eigenvalue weighted by molar-refractivity contribution is 14.0. The normalized spacial score (nSPS) is 12.2. The number of aromatic nitrogens is 1. The Bertz CT molecular complexity index is 642. The van der Waals surface area contributed by atoms with Gasteiger partial charge in [-0.3, -0.25) is 4.99 Å². The molecule has 2 N–H and O–H groups in total. The van der Waals surface area contributed by atoms with Crippen LogP contribution in [0.4, 0.5) is 4.39 Å². The highest BCUT2D eigenvalue weighted by atomic mass is 127. The molecule has 24 heavy (non-hydrogen) atoms. The van der Waals surface area contributed by atoms with E-state index in [0.717, 1.165) is 0 Å². The summed E-state index contributed by atoms with van der Waals surface area (Å²) >= 11 is 0. The fourth-order valence-corrected chi connectivity index (χ4v) is 2.10. The lowest BCUT2D eigenvalue weighted by atomic mass is 10.3. The molecule has 0 aliphatic rings. The van der Waals surface area contributed by atoms with Crippen molar-refractivity contribution in [1.82, 2.24) is 15.2 Å². The van der Waals surface area contributed by atoms with E-state index in [2.05, 4.69) is 27.9 Å². The van der Waals surface area contributed by atoms with E-state index in [0.29, 0.717) is 24.8 Å². The van der Waals surface area contributed by atoms with Gasteiger partial charge < -0.3 is 19.9 Å². The van der Waals surface area contributed by atoms with Gasteiger partial charge in [0.25, 0.3) is 0 Å². The predicted octanol–water partition coefficient (Wildman–Crippen LogP) is 2.91. The minimum absolute atomic E-state index is 0. The molecule has 0 radical (unpaired) electrons. The maximum atomic E-state index is 12.9. The van der Waals surface area contributed by atoms with Gasteiger partial charge in [0.05, 0.1) is 6.54 Å². The van der Waals surface area contributed by atoms with Crippen molar-refractivity contribution in [2.45, 2.75) is 19.6 Å². The largest absolute Gasteiger partial charge is 0.489 e. The fraction of sp³-hybridized carbons (Fsp3) is 0.353. The zero-order valence-electron chi connectivity index (χ0n) is 14.1. The van der Waals surface area contributed by atoms with Gasteiger partial charge in [-0.05, 0) is 42.8 Å². The van der Waals surface area contributed by atoms with Crippen LogP contribution in [0, 0.1) is 5.82 Å². The number of ether oxygens (including phenoxy) is 1. The van der Waals surface area contributed by atoms with Crippen LogP contribution in [0.15, 0.2) is 47.7 Å². The van der Waals surface area contributed by atoms with Gasteiger partial charge >= 0.3 is 0 Å². The van der Waals surface area contributed by atoms with Gasteiger partial charge in [-0.25, -0.2) is 4.39 Å². The number of aryl methyl sites for hydroxylation is 1. The molecule has 0 spiro atoms. The van der Waals surface area contributed by atoms with Crippen molar-refractivity contribution in [2.75, 3.05) is 13.6 Å². The summed E-state index contributed by atoms with van der Waals surface area (Å²) in [7, 11) is 3.72. The predicted molar refractivity (Wildman–Crippen MR) is 106 cm³/mol. The van der Waals surface area contributed by atoms with E-state index < -0.39 is 0 Å². The van der Waals surface area contributed by atoms with E-state index in [1.165, 1.54) is 17.7 Å². The summed E-state index contributed by atoms with van der Waals surface area (Å²) in [5.74, 6) is 1.09. The molecule has 5 nitrogen and oxygen atoms in total. The van der Waals surface area contributed by atoms with Crippen LogP contribution in [0.1, 0.15) is 12.5 Å². The average Bonchev–Trinajstić information content (AvgIpc) is 2.95. The van der Waals surface area contributed by atoms with Gasteiger partial charge in [0.2, 0.25) is 0 Å². The molecule has 132 valence electrons. The van der Waals surface area contributed by atoms with Gasteiger partial charge in [-0.1, -0.05) is 0 Å². The quantitative estimate of drug-likeness (QED) is 0.408. The lowest BCUT2D eigenvalue weighted by Gasteiger charge is -2.17. The minimum atomic E-state index is -0.270. The van der Waals surface area contributed by atoms with Gasteiger partial charge in [0.1, 0.15) is 17.7 Å². The molecule has 1 atom stereocenters. The summed E-state index contributed by atoms with van der Waals surface area (Å²) in [5.41, 5.74) is 1.19. The molecule has 0 aliphatic heterocycles. The van der Waals surface area contributed by atoms with Crippen molar-refractivity contribution in [2.24, 2.45) is 12.0 Å². The second kappa shape index (κ2) is 10.2. The van der Waals surface area contributed by atoms with E-state index in [4.69, 9.17) is 4.74 Å². The Balaban J connectivity index is 0.00000288. The first-order valence-electron chi connectivity index (χ1n) is 7.54. The Morgan fingerprint density at radius 1 is 1.25 bits per heavy atom. The van der Waals surface area contributed by atoms with Crippen LogP contribution in [-0.2, 0) is 13.6 Å². The molecule has 2 aromatic rings. The zero-order chi connectivity index (χ0) is 16.7. The van der Waals surface area contributed by atoms with Crippen LogP contribution in [-0.4, -0.2) is 30.2 Å². The number of guanidine groups is 1. The monoisotopic (exact) mass is 446 g/mol. The van der Waals surface area contributed by atoms with E-state index in [1.54, 1.807) is 19.2 Å². The van der Waals surface area contributed by atoms with Gasteiger partial charge in [0, 0.05) is 33.0 Å². The Hall–Kier alpha value is -1.77. The third-order valence-electron chi connectivity index (χ3n) is 3.28. The highest BCUT2D eigenvalue weighted by Crippen LogP contribution is 2.12. The molecule has 0 bridgehead atoms. The van der Waals surface area contributed by atoms with Crippen molar-refractivity contribution in [3.05, 3.63) is 54.1 Å². The summed E-state index contributed by atoms with van der Waals surface area (Å²) < 4.78 is 20.6. The van der Waals surface area contributed by atoms with Crippen LogP contribution in [0.3, 0.4) is 0 Å². The summed E-state index contributed by atoms with van der Waals surface area (Å²) in [4.78, 5) is 4.18. The minimum Gasteiger partial charge on any atom is -0.489 e. The highest BCUT2D eigenvalue weighted by Gasteiger charge is 2.06. The lowest BCUT2D eigenvalue weighted by Crippen LogP contribution is -2.41. The van der Waals surface area contributed by atoms with Crippen LogP contribution in [0.5, 0.6) is 5.75 Å². The number of benzene rings is 1. The SMILES string of the molecule is CN=C(NCc1ccn(C)c1)NCC(C)Oc1ccc(F)cc1.I. The topological polar surface area (TPSA) is 50.6 Å². The number of halogens is 2. The summed E-state index contributed by atoms with van der Waals surface area (Å²) in [6.07, 6.45) is 3.99. The van der Waals surface area contributed by atoms with Crippen molar-refractivity contribution >= 4 is 29.9 Å². The van der Waals surface area contributed by atoms with E-state index >= 15 is 0 Å². The Kier molecular flexibility index (Phi) is 8.59. The standard InChI is InChI=1S/C17H23FN4O.HI/c1-13(23-16-6-4-15(18)5-7-16)10-20-17(19-2)21-11-14-8-9-22(3)12-14;/h4-9,12-13H,10-11H2,1-3H3,(H2,19,20,21);1H. The van der Waals surface area contributed by atoms with Crippen LogP contribution < -0.4 is 15.4 Å². The number of hydrogen-bond acceptors (Lipinski definition) is 2. The Morgan fingerprint density at radius 2 is 1.96 bits per heavy atom. The molecule has 0 saturated heterocycles. The van der Waals surface area contributed by atoms with E-state index in [9.17, 15) is 4.39 Å². The number of nitrogens with one attached hydrogen (secondary N) is 2. The summed E-state index contributed by atoms with van der Waals surface area (Å²) in [5, 5.41) is 6.46. The van der Waals surface area contributed by atoms with Crippen molar-refractivity contribution in [3.8, 4) is 5.75 Å². The smallest absolute Gasteiger partial charge is 0.191 e. The second-order valence-electron chi connectivity index (χ2n) is 5.37. The molecule has 1 aromatic carbocycles. The molecule has 7 heteroatoms. The number of rotatable bonds is 6. The van der Waals surface area contributed by atoms with Crippen molar-refractivity contribution in [3.63, 3.8) is 0 Å². The Morgan fingerprint density at radius 3 is 2.54 bits per heavy atom. The third-order valence-corrected chi connectivity index (χ3v) is 3.28. The maximum Gasteiger partial charge on any atom is 0.191 e. The summed E-state index contributed by atoms with van der Waals surface area (Å²) in [6.45, 7) is 3.24. The van der Waals surface area contributed by atoms with Crippen molar-refractivity contribution < 1.29 is 9.13 Å². The van der Waals surface area contributed by atoms with Crippen molar-refractivity contribution in [1.29, 1.82) is 0 Å². The third kappa shape index (κ3) is 6.77. The molecule has 0 amide bonds. The maximum absolute atomic E-state index is 12.9. The number of hydrogen-bond donors (Lipinski definition) is 2. The first kappa shape index (κ1) is 20.3. The number of nitrogens with zero attached hydrogens (tertiary/aromatic N) is 2. The molecule has 1 heterocycles. The molecular weight excluding hydrogens is 422 g/mol. The van der Waals surface area contributed by atoms with E-state index in [-0.39, 0.29) is 35.9 Å². The molecule has 0 fully saturated rings. The molecule has 0 aliphatic carbocycles. The van der Waals surface area contributed by atoms with Crippen LogP contribution in [0.25, 0.3) is 0 Å². The number of aliphatic imine (C=N–C) groups is 1. The molecule has 1 aromatic heterocycles. The lowest BCUT2D eigenvalue weighted by molar-refractivity contribution is 0.223. The fourth-order valence-electron chi connectivity index (χ4n) is 2.10. The van der Waals surface area contributed by atoms with Gasteiger partial charge in [-0.15, -0.1) is 24.0 Å². The zero-order valence-corrected chi connectivity index (χ0v) is 16.5. The molecule has 0 saturated carbocycles.